The van der Waals surface area contributed by atoms with Gasteiger partial charge in [0, 0.05) is 105 Å². The molecule has 7 heterocycles. The van der Waals surface area contributed by atoms with Crippen molar-refractivity contribution in [2.24, 2.45) is 0 Å². The van der Waals surface area contributed by atoms with E-state index in [1.54, 1.807) is 22.7 Å². The lowest BCUT2D eigenvalue weighted by Gasteiger charge is -2.26. The molecule has 0 fully saturated rings. The van der Waals surface area contributed by atoms with Crippen LogP contribution in [0.3, 0.4) is 0 Å². The molecule has 0 N–H and O–H groups in total. The average Bonchev–Trinajstić information content (AvgIpc) is 4.48. The second-order valence-electron chi connectivity index (χ2n) is 19.4. The maximum atomic E-state index is 12.2. The summed E-state index contributed by atoms with van der Waals surface area (Å²) in [7, 11) is 0. The van der Waals surface area contributed by atoms with Gasteiger partial charge in [-0.1, -0.05) is 133 Å². The van der Waals surface area contributed by atoms with E-state index in [2.05, 4.69) is 213 Å². The molecule has 0 aliphatic carbocycles. The van der Waals surface area contributed by atoms with Crippen molar-refractivity contribution < 1.29 is 0 Å². The van der Waals surface area contributed by atoms with E-state index in [-0.39, 0.29) is 11.3 Å². The fraction of sp³-hybridized carbons (Fsp3) is 0. The molecule has 17 aromatic rings. The van der Waals surface area contributed by atoms with Crippen LogP contribution in [-0.4, -0.2) is 18.7 Å². The molecule has 0 saturated heterocycles. The van der Waals surface area contributed by atoms with E-state index < -0.39 is 0 Å². The van der Waals surface area contributed by atoms with Gasteiger partial charge in [-0.25, -0.2) is 4.85 Å². The molecular formula is C67H34N6S3. The lowest BCUT2D eigenvalue weighted by atomic mass is 9.96. The fourth-order valence-corrected chi connectivity index (χ4v) is 16.5. The third-order valence-electron chi connectivity index (χ3n) is 15.8. The molecule has 76 heavy (non-hydrogen) atoms. The lowest BCUT2D eigenvalue weighted by Crippen LogP contribution is -2.12. The van der Waals surface area contributed by atoms with Crippen molar-refractivity contribution in [3.63, 3.8) is 0 Å². The number of fused-ring (bicyclic) bond motifs is 21. The molecule has 0 spiro atoms. The summed E-state index contributed by atoms with van der Waals surface area (Å²) in [5.74, 6) is 0. The second-order valence-corrected chi connectivity index (χ2v) is 22.6. The Hall–Kier alpha value is -9.61. The van der Waals surface area contributed by atoms with Gasteiger partial charge in [-0.05, 0) is 66.7 Å². The first-order valence-electron chi connectivity index (χ1n) is 25.1. The number of para-hydroxylation sites is 3. The molecule has 0 aliphatic heterocycles. The number of hydrogen-bond donors (Lipinski definition) is 0. The maximum absolute atomic E-state index is 12.2. The highest BCUT2D eigenvalue weighted by Crippen LogP contribution is 2.54. The average molecular weight is 1020 g/mol. The molecule has 0 aliphatic rings. The predicted octanol–water partition coefficient (Wildman–Crippen LogP) is 19.6. The van der Waals surface area contributed by atoms with Gasteiger partial charge in [-0.2, -0.15) is 5.26 Å². The Kier molecular flexibility index (Phi) is 8.51. The third-order valence-corrected chi connectivity index (χ3v) is 19.4. The van der Waals surface area contributed by atoms with E-state index in [0.717, 1.165) is 76.7 Å². The smallest absolute Gasteiger partial charge is 0.232 e. The Morgan fingerprint density at radius 1 is 0.382 bits per heavy atom. The predicted molar refractivity (Wildman–Crippen MR) is 322 cm³/mol. The Morgan fingerprint density at radius 3 is 1.17 bits per heavy atom. The highest BCUT2D eigenvalue weighted by Gasteiger charge is 2.34. The molecule has 0 unspecified atom stereocenters. The largest absolute Gasteiger partial charge is 0.317 e. The SMILES string of the molecule is [C-]#[N+]c1c(C#N)c(-n2c3ccccc3c3c4sc5ccccc5c4ccc32)c(-c2ccccn2)c(-n2c3ccccc3c3c4sc5ccccc5c4ccc32)c1-n1c2ccccc2c2c3sc4ccccc4c3ccc21. The van der Waals surface area contributed by atoms with Crippen molar-refractivity contribution in [1.82, 2.24) is 18.7 Å². The molecule has 17 rings (SSSR count). The molecule has 10 aromatic carbocycles. The molecule has 0 bridgehead atoms. The zero-order chi connectivity index (χ0) is 49.9. The summed E-state index contributed by atoms with van der Waals surface area (Å²) in [5.41, 5.74) is 9.69. The third kappa shape index (κ3) is 5.38. The molecule has 350 valence electrons. The standard InChI is InChI=1S/C67H34N6S3/c1-69-61-46(36-68)62(71-48-23-8-2-19-43(48)57-51(71)32-29-40-37-16-5-11-26-54(37)74-65(40)57)60(47-22-14-15-35-70-47)63(72-49-24-9-3-20-44(49)58-52(72)33-30-41-38-17-6-12-27-55(38)75-66(41)58)64(61)73-50-25-10-4-21-45(50)59-53(73)34-31-42-39-18-7-13-28-56(39)76-67(42)59/h2-35H. The van der Waals surface area contributed by atoms with Crippen molar-refractivity contribution in [2.75, 3.05) is 0 Å². The van der Waals surface area contributed by atoms with Gasteiger partial charge in [0.1, 0.15) is 0 Å². The summed E-state index contributed by atoms with van der Waals surface area (Å²) < 4.78 is 14.2. The molecule has 0 radical (unpaired) electrons. The Bertz CT molecular complexity index is 5510. The van der Waals surface area contributed by atoms with E-state index in [4.69, 9.17) is 4.98 Å². The quantitative estimate of drug-likeness (QED) is 0.165. The van der Waals surface area contributed by atoms with Gasteiger partial charge >= 0.3 is 0 Å². The summed E-state index contributed by atoms with van der Waals surface area (Å²) >= 11 is 5.42. The van der Waals surface area contributed by atoms with Crippen LogP contribution in [0.4, 0.5) is 5.69 Å². The van der Waals surface area contributed by atoms with Gasteiger partial charge in [0.25, 0.3) is 0 Å². The van der Waals surface area contributed by atoms with E-state index >= 15 is 0 Å². The monoisotopic (exact) mass is 1020 g/mol. The summed E-state index contributed by atoms with van der Waals surface area (Å²) in [6.07, 6.45) is 1.84. The minimum Gasteiger partial charge on any atom is -0.317 e. The molecule has 0 saturated carbocycles. The van der Waals surface area contributed by atoms with Crippen molar-refractivity contribution in [1.29, 1.82) is 5.26 Å². The molecular weight excluding hydrogens is 985 g/mol. The van der Waals surface area contributed by atoms with Gasteiger partial charge in [0.15, 0.2) is 0 Å². The van der Waals surface area contributed by atoms with E-state index in [1.165, 1.54) is 60.5 Å². The highest BCUT2D eigenvalue weighted by molar-refractivity contribution is 7.27. The van der Waals surface area contributed by atoms with Crippen LogP contribution in [-0.2, 0) is 0 Å². The zero-order valence-corrected chi connectivity index (χ0v) is 42.5. The van der Waals surface area contributed by atoms with Crippen molar-refractivity contribution in [2.45, 2.75) is 0 Å². The van der Waals surface area contributed by atoms with E-state index in [9.17, 15) is 11.8 Å². The van der Waals surface area contributed by atoms with E-state index in [1.807, 2.05) is 29.7 Å². The minimum atomic E-state index is 0.258. The van der Waals surface area contributed by atoms with Crippen LogP contribution < -0.4 is 0 Å². The number of benzene rings is 10. The first-order chi connectivity index (χ1) is 37.7. The topological polar surface area (TPSA) is 55.8 Å². The van der Waals surface area contributed by atoms with Crippen LogP contribution in [0.2, 0.25) is 0 Å². The molecule has 7 aromatic heterocycles. The first kappa shape index (κ1) is 41.8. The van der Waals surface area contributed by atoms with Crippen molar-refractivity contribution in [3.8, 4) is 34.4 Å². The molecule has 9 heteroatoms. The molecule has 0 amide bonds. The number of rotatable bonds is 4. The van der Waals surface area contributed by atoms with Crippen LogP contribution >= 0.6 is 34.0 Å². The lowest BCUT2D eigenvalue weighted by molar-refractivity contribution is 1.07. The summed E-state index contributed by atoms with van der Waals surface area (Å²) in [6, 6.07) is 74.0. The van der Waals surface area contributed by atoms with Gasteiger partial charge in [-0.15, -0.1) is 34.0 Å². The van der Waals surface area contributed by atoms with Crippen molar-refractivity contribution in [3.05, 3.63) is 223 Å². The highest BCUT2D eigenvalue weighted by atomic mass is 32.1. The van der Waals surface area contributed by atoms with Crippen LogP contribution in [0.15, 0.2) is 206 Å². The van der Waals surface area contributed by atoms with Gasteiger partial charge in [-0.3, -0.25) is 4.98 Å². The Morgan fingerprint density at radius 2 is 0.763 bits per heavy atom. The Labute approximate surface area is 444 Å². The number of pyridine rings is 1. The Balaban J connectivity index is 1.15. The van der Waals surface area contributed by atoms with Gasteiger partial charge in [0.2, 0.25) is 5.69 Å². The number of thiophene rings is 3. The fourth-order valence-electron chi connectivity index (χ4n) is 12.7. The number of hydrogen-bond acceptors (Lipinski definition) is 5. The number of aromatic nitrogens is 4. The minimum absolute atomic E-state index is 0.258. The zero-order valence-electron chi connectivity index (χ0n) is 40.0. The second kappa shape index (κ2) is 15.5. The van der Waals surface area contributed by atoms with Crippen molar-refractivity contribution >= 4 is 166 Å². The van der Waals surface area contributed by atoms with Gasteiger partial charge < -0.3 is 13.7 Å². The number of nitriles is 1. The summed E-state index contributed by atoms with van der Waals surface area (Å²) in [5, 5.41) is 26.0. The van der Waals surface area contributed by atoms with Crippen LogP contribution in [0.5, 0.6) is 0 Å². The maximum Gasteiger partial charge on any atom is 0.232 e. The van der Waals surface area contributed by atoms with Crippen LogP contribution in [0.25, 0.3) is 159 Å². The number of nitrogens with zero attached hydrogens (tertiary/aromatic N) is 6. The molecule has 6 nitrogen and oxygen atoms in total. The van der Waals surface area contributed by atoms with Crippen LogP contribution in [0.1, 0.15) is 5.56 Å². The van der Waals surface area contributed by atoms with E-state index in [0.29, 0.717) is 17.1 Å². The first-order valence-corrected chi connectivity index (χ1v) is 27.6. The summed E-state index contributed by atoms with van der Waals surface area (Å²) in [4.78, 5) is 9.92. The van der Waals surface area contributed by atoms with Crippen LogP contribution in [0, 0.1) is 17.9 Å². The molecule has 0 atom stereocenters. The van der Waals surface area contributed by atoms with Gasteiger partial charge in [0.05, 0.1) is 74.1 Å². The summed E-state index contributed by atoms with van der Waals surface area (Å²) in [6.45, 7) is 9.59. The normalized spacial score (nSPS) is 12.2.